The highest BCUT2D eigenvalue weighted by Gasteiger charge is 2.18. The summed E-state index contributed by atoms with van der Waals surface area (Å²) in [6.45, 7) is 2.15. The fourth-order valence-electron chi connectivity index (χ4n) is 2.94. The van der Waals surface area contributed by atoms with Crippen LogP contribution in [0.4, 0.5) is 5.69 Å². The molecule has 2 aromatic rings. The van der Waals surface area contributed by atoms with Crippen molar-refractivity contribution in [1.29, 1.82) is 0 Å². The lowest BCUT2D eigenvalue weighted by molar-refractivity contribution is -0.116. The van der Waals surface area contributed by atoms with E-state index in [1.54, 1.807) is 0 Å². The molecular formula is C18H20N2O. The standard InChI is InChI=1S/C18H20N2O/c1-2-12-5-3-4-6-15(12)18(19)14-7-9-16-13(11-14)8-10-17(21)20-16/h3-7,9,11,18H,2,8,10,19H2,1H3,(H,20,21). The molecule has 3 nitrogen and oxygen atoms in total. The van der Waals surface area contributed by atoms with Crippen LogP contribution in [0.5, 0.6) is 0 Å². The fraction of sp³-hybridized carbons (Fsp3) is 0.278. The van der Waals surface area contributed by atoms with Crippen molar-refractivity contribution in [2.75, 3.05) is 5.32 Å². The van der Waals surface area contributed by atoms with Gasteiger partial charge in [-0.1, -0.05) is 43.3 Å². The van der Waals surface area contributed by atoms with Gasteiger partial charge in [0.25, 0.3) is 0 Å². The van der Waals surface area contributed by atoms with Gasteiger partial charge in [-0.3, -0.25) is 4.79 Å². The van der Waals surface area contributed by atoms with E-state index in [2.05, 4.69) is 36.5 Å². The number of rotatable bonds is 3. The van der Waals surface area contributed by atoms with Crippen molar-refractivity contribution in [3.8, 4) is 0 Å². The molecule has 1 unspecified atom stereocenters. The Morgan fingerprint density at radius 2 is 2.00 bits per heavy atom. The minimum Gasteiger partial charge on any atom is -0.326 e. The predicted octanol–water partition coefficient (Wildman–Crippen LogP) is 3.18. The van der Waals surface area contributed by atoms with E-state index in [1.807, 2.05) is 18.2 Å². The molecular weight excluding hydrogens is 260 g/mol. The normalized spacial score (nSPS) is 15.2. The molecule has 21 heavy (non-hydrogen) atoms. The minimum absolute atomic E-state index is 0.0934. The Bertz CT molecular complexity index is 679. The van der Waals surface area contributed by atoms with Crippen LogP contribution >= 0.6 is 0 Å². The summed E-state index contributed by atoms with van der Waals surface area (Å²) in [4.78, 5) is 11.4. The van der Waals surface area contributed by atoms with E-state index in [4.69, 9.17) is 5.73 Å². The Morgan fingerprint density at radius 1 is 1.19 bits per heavy atom. The van der Waals surface area contributed by atoms with Crippen LogP contribution in [-0.4, -0.2) is 5.91 Å². The molecule has 3 N–H and O–H groups in total. The summed E-state index contributed by atoms with van der Waals surface area (Å²) >= 11 is 0. The number of aryl methyl sites for hydroxylation is 2. The monoisotopic (exact) mass is 280 g/mol. The predicted molar refractivity (Wildman–Crippen MR) is 85.2 cm³/mol. The van der Waals surface area contributed by atoms with Gasteiger partial charge >= 0.3 is 0 Å². The summed E-state index contributed by atoms with van der Waals surface area (Å²) in [5.74, 6) is 0.0934. The molecule has 1 amide bonds. The Morgan fingerprint density at radius 3 is 2.81 bits per heavy atom. The Labute approximate surface area is 125 Å². The van der Waals surface area contributed by atoms with E-state index in [-0.39, 0.29) is 11.9 Å². The van der Waals surface area contributed by atoms with Gasteiger partial charge in [-0.2, -0.15) is 0 Å². The zero-order valence-corrected chi connectivity index (χ0v) is 12.2. The first kappa shape index (κ1) is 13.8. The van der Waals surface area contributed by atoms with Crippen LogP contribution in [0.3, 0.4) is 0 Å². The van der Waals surface area contributed by atoms with Gasteiger partial charge in [0, 0.05) is 12.1 Å². The summed E-state index contributed by atoms with van der Waals surface area (Å²) in [7, 11) is 0. The first-order valence-corrected chi connectivity index (χ1v) is 7.45. The van der Waals surface area contributed by atoms with Crippen LogP contribution in [-0.2, 0) is 17.6 Å². The van der Waals surface area contributed by atoms with Crippen LogP contribution in [0.1, 0.15) is 41.6 Å². The van der Waals surface area contributed by atoms with Crippen LogP contribution in [0.2, 0.25) is 0 Å². The van der Waals surface area contributed by atoms with Gasteiger partial charge in [0.05, 0.1) is 6.04 Å². The second-order valence-corrected chi connectivity index (χ2v) is 5.49. The second-order valence-electron chi connectivity index (χ2n) is 5.49. The third-order valence-electron chi connectivity index (χ3n) is 4.15. The Balaban J connectivity index is 1.95. The van der Waals surface area contributed by atoms with Gasteiger partial charge in [0.15, 0.2) is 0 Å². The number of nitrogens with two attached hydrogens (primary N) is 1. The van der Waals surface area contributed by atoms with Gasteiger partial charge in [-0.15, -0.1) is 0 Å². The quantitative estimate of drug-likeness (QED) is 0.907. The maximum absolute atomic E-state index is 11.4. The summed E-state index contributed by atoms with van der Waals surface area (Å²) < 4.78 is 0. The zero-order chi connectivity index (χ0) is 14.8. The van der Waals surface area contributed by atoms with Crippen molar-refractivity contribution in [2.45, 2.75) is 32.2 Å². The van der Waals surface area contributed by atoms with Crippen molar-refractivity contribution >= 4 is 11.6 Å². The van der Waals surface area contributed by atoms with Crippen molar-refractivity contribution in [1.82, 2.24) is 0 Å². The molecule has 1 aliphatic heterocycles. The summed E-state index contributed by atoms with van der Waals surface area (Å²) in [5, 5.41) is 2.91. The fourth-order valence-corrected chi connectivity index (χ4v) is 2.94. The smallest absolute Gasteiger partial charge is 0.224 e. The molecule has 2 aromatic carbocycles. The number of nitrogens with one attached hydrogen (secondary N) is 1. The van der Waals surface area contributed by atoms with E-state index in [9.17, 15) is 4.79 Å². The third-order valence-corrected chi connectivity index (χ3v) is 4.15. The number of carbonyl (C=O) groups excluding carboxylic acids is 1. The summed E-state index contributed by atoms with van der Waals surface area (Å²) in [6, 6.07) is 14.3. The molecule has 1 heterocycles. The maximum Gasteiger partial charge on any atom is 0.224 e. The summed E-state index contributed by atoms with van der Waals surface area (Å²) in [5.41, 5.74) is 12.1. The zero-order valence-electron chi connectivity index (χ0n) is 12.2. The highest BCUT2D eigenvalue weighted by Crippen LogP contribution is 2.29. The molecule has 0 radical (unpaired) electrons. The van der Waals surface area contributed by atoms with E-state index in [0.29, 0.717) is 6.42 Å². The molecule has 1 aliphatic rings. The van der Waals surface area contributed by atoms with E-state index in [0.717, 1.165) is 24.1 Å². The topological polar surface area (TPSA) is 55.1 Å². The second kappa shape index (κ2) is 5.70. The lowest BCUT2D eigenvalue weighted by Gasteiger charge is -2.21. The van der Waals surface area contributed by atoms with E-state index < -0.39 is 0 Å². The number of hydrogen-bond donors (Lipinski definition) is 2. The molecule has 0 fully saturated rings. The SMILES string of the molecule is CCc1ccccc1C(N)c1ccc2c(c1)CCC(=O)N2. The highest BCUT2D eigenvalue weighted by molar-refractivity contribution is 5.93. The highest BCUT2D eigenvalue weighted by atomic mass is 16.1. The largest absolute Gasteiger partial charge is 0.326 e. The van der Waals surface area contributed by atoms with E-state index >= 15 is 0 Å². The van der Waals surface area contributed by atoms with Gasteiger partial charge in [-0.05, 0) is 41.2 Å². The molecule has 3 rings (SSSR count). The minimum atomic E-state index is -0.121. The van der Waals surface area contributed by atoms with Gasteiger partial charge < -0.3 is 11.1 Å². The van der Waals surface area contributed by atoms with Crippen molar-refractivity contribution in [3.63, 3.8) is 0 Å². The number of hydrogen-bond acceptors (Lipinski definition) is 2. The van der Waals surface area contributed by atoms with Gasteiger partial charge in [-0.25, -0.2) is 0 Å². The van der Waals surface area contributed by atoms with Crippen LogP contribution < -0.4 is 11.1 Å². The molecule has 0 aromatic heterocycles. The first-order chi connectivity index (χ1) is 10.2. The third kappa shape index (κ3) is 2.69. The molecule has 3 heteroatoms. The van der Waals surface area contributed by atoms with Crippen molar-refractivity contribution < 1.29 is 4.79 Å². The molecule has 0 saturated heterocycles. The number of anilines is 1. The molecule has 0 aliphatic carbocycles. The van der Waals surface area contributed by atoms with Crippen molar-refractivity contribution in [2.24, 2.45) is 5.73 Å². The number of fused-ring (bicyclic) bond motifs is 1. The Hall–Kier alpha value is -2.13. The van der Waals surface area contributed by atoms with Crippen LogP contribution in [0.25, 0.3) is 0 Å². The molecule has 108 valence electrons. The van der Waals surface area contributed by atoms with Gasteiger partial charge in [0.2, 0.25) is 5.91 Å². The van der Waals surface area contributed by atoms with Gasteiger partial charge in [0.1, 0.15) is 0 Å². The molecule has 0 saturated carbocycles. The average molecular weight is 280 g/mol. The number of amides is 1. The van der Waals surface area contributed by atoms with Crippen LogP contribution in [0, 0.1) is 0 Å². The number of carbonyl (C=O) groups is 1. The first-order valence-electron chi connectivity index (χ1n) is 7.45. The maximum atomic E-state index is 11.4. The Kier molecular flexibility index (Phi) is 3.76. The van der Waals surface area contributed by atoms with E-state index in [1.165, 1.54) is 16.7 Å². The molecule has 0 spiro atoms. The number of benzene rings is 2. The van der Waals surface area contributed by atoms with Crippen molar-refractivity contribution in [3.05, 3.63) is 64.7 Å². The lowest BCUT2D eigenvalue weighted by atomic mass is 9.91. The summed E-state index contributed by atoms with van der Waals surface area (Å²) in [6.07, 6.45) is 2.32. The lowest BCUT2D eigenvalue weighted by Crippen LogP contribution is -2.20. The average Bonchev–Trinajstić information content (AvgIpc) is 2.53. The molecule has 0 bridgehead atoms. The molecule has 1 atom stereocenters. The van der Waals surface area contributed by atoms with Crippen LogP contribution in [0.15, 0.2) is 42.5 Å².